The monoisotopic (exact) mass is 436 g/mol. The molecule has 0 N–H and O–H groups in total. The molecule has 4 aromatic carbocycles. The summed E-state index contributed by atoms with van der Waals surface area (Å²) < 4.78 is 17.8. The minimum absolute atomic E-state index is 0.172. The molecule has 4 heteroatoms. The summed E-state index contributed by atoms with van der Waals surface area (Å²) in [6.07, 6.45) is 0. The summed E-state index contributed by atoms with van der Waals surface area (Å²) >= 11 is 0. The number of hydrogen-bond donors (Lipinski definition) is 0. The first-order valence-electron chi connectivity index (χ1n) is 10.9. The van der Waals surface area contributed by atoms with Gasteiger partial charge in [-0.3, -0.25) is 4.79 Å². The number of fused-ring (bicyclic) bond motifs is 2. The molecule has 0 saturated carbocycles. The van der Waals surface area contributed by atoms with Crippen LogP contribution in [0.25, 0.3) is 33.1 Å². The number of benzene rings is 4. The van der Waals surface area contributed by atoms with Gasteiger partial charge in [-0.05, 0) is 71.6 Å². The fourth-order valence-electron chi connectivity index (χ4n) is 4.26. The molecule has 0 fully saturated rings. The molecule has 0 atom stereocenters. The topological polar surface area (TPSA) is 48.7 Å². The van der Waals surface area contributed by atoms with E-state index in [9.17, 15) is 4.79 Å². The molecule has 0 amide bonds. The van der Waals surface area contributed by atoms with Crippen LogP contribution < -0.4 is 14.9 Å². The first kappa shape index (κ1) is 20.8. The molecule has 0 unspecified atom stereocenters. The standard InChI is InChI=1S/C29H24O4/c1-18-15-19(2)27-25(16-18)26(30)29(28(33-27)21-11-13-23(31-3)14-12-21)32-17-22-9-6-8-20-7-4-5-10-24(20)22/h4-16H,17H2,1-3H3. The van der Waals surface area contributed by atoms with Gasteiger partial charge in [0, 0.05) is 5.56 Å². The molecular weight excluding hydrogens is 412 g/mol. The Labute approximate surface area is 192 Å². The molecule has 4 nitrogen and oxygen atoms in total. The first-order chi connectivity index (χ1) is 16.0. The van der Waals surface area contributed by atoms with E-state index in [1.807, 2.05) is 74.5 Å². The molecule has 0 aliphatic heterocycles. The zero-order valence-electron chi connectivity index (χ0n) is 18.8. The fourth-order valence-corrected chi connectivity index (χ4v) is 4.26. The Balaban J connectivity index is 1.66. The summed E-state index contributed by atoms with van der Waals surface area (Å²) in [7, 11) is 1.62. The van der Waals surface area contributed by atoms with Crippen LogP contribution in [0.15, 0.2) is 88.1 Å². The van der Waals surface area contributed by atoms with Crippen LogP contribution in [0.1, 0.15) is 16.7 Å². The predicted octanol–water partition coefficient (Wildman–Crippen LogP) is 6.82. The van der Waals surface area contributed by atoms with E-state index in [-0.39, 0.29) is 17.8 Å². The SMILES string of the molecule is COc1ccc(-c2oc3c(C)cc(C)cc3c(=O)c2OCc2cccc3ccccc23)cc1. The largest absolute Gasteiger partial charge is 0.497 e. The third-order valence-electron chi connectivity index (χ3n) is 5.88. The van der Waals surface area contributed by atoms with Gasteiger partial charge in [0.15, 0.2) is 5.76 Å². The van der Waals surface area contributed by atoms with Crippen LogP contribution in [-0.2, 0) is 6.61 Å². The highest BCUT2D eigenvalue weighted by molar-refractivity contribution is 5.86. The van der Waals surface area contributed by atoms with Crippen LogP contribution in [-0.4, -0.2) is 7.11 Å². The minimum atomic E-state index is -0.172. The molecule has 164 valence electrons. The normalized spacial score (nSPS) is 11.1. The Morgan fingerprint density at radius 2 is 1.61 bits per heavy atom. The van der Waals surface area contributed by atoms with Gasteiger partial charge in [0.25, 0.3) is 0 Å². The van der Waals surface area contributed by atoms with Crippen molar-refractivity contribution < 1.29 is 13.9 Å². The second kappa shape index (κ2) is 8.47. The maximum Gasteiger partial charge on any atom is 0.235 e. The summed E-state index contributed by atoms with van der Waals surface area (Å²) in [4.78, 5) is 13.6. The lowest BCUT2D eigenvalue weighted by molar-refractivity contribution is 0.299. The number of hydrogen-bond acceptors (Lipinski definition) is 4. The highest BCUT2D eigenvalue weighted by Crippen LogP contribution is 2.34. The molecule has 1 heterocycles. The third kappa shape index (κ3) is 3.85. The minimum Gasteiger partial charge on any atom is -0.497 e. The van der Waals surface area contributed by atoms with Crippen LogP contribution in [0.2, 0.25) is 0 Å². The molecule has 1 aromatic heterocycles. The van der Waals surface area contributed by atoms with Crippen LogP contribution >= 0.6 is 0 Å². The Morgan fingerprint density at radius 1 is 0.848 bits per heavy atom. The van der Waals surface area contributed by atoms with Crippen LogP contribution in [0.3, 0.4) is 0 Å². The van der Waals surface area contributed by atoms with E-state index in [0.29, 0.717) is 16.7 Å². The lowest BCUT2D eigenvalue weighted by Crippen LogP contribution is -2.11. The highest BCUT2D eigenvalue weighted by Gasteiger charge is 2.20. The van der Waals surface area contributed by atoms with Gasteiger partial charge >= 0.3 is 0 Å². The van der Waals surface area contributed by atoms with Crippen molar-refractivity contribution in [1.29, 1.82) is 0 Å². The second-order valence-corrected chi connectivity index (χ2v) is 8.20. The third-order valence-corrected chi connectivity index (χ3v) is 5.88. The van der Waals surface area contributed by atoms with Gasteiger partial charge in [0.1, 0.15) is 17.9 Å². The number of aryl methyl sites for hydroxylation is 2. The quantitative estimate of drug-likeness (QED) is 0.303. The van der Waals surface area contributed by atoms with Gasteiger partial charge < -0.3 is 13.9 Å². The number of rotatable bonds is 5. The zero-order valence-corrected chi connectivity index (χ0v) is 18.8. The summed E-state index contributed by atoms with van der Waals surface area (Å²) in [6.45, 7) is 4.18. The van der Waals surface area contributed by atoms with Crippen molar-refractivity contribution in [3.05, 3.63) is 106 Å². The summed E-state index contributed by atoms with van der Waals surface area (Å²) in [5.41, 5.74) is 4.08. The zero-order chi connectivity index (χ0) is 22.9. The van der Waals surface area contributed by atoms with E-state index in [4.69, 9.17) is 13.9 Å². The van der Waals surface area contributed by atoms with Crippen LogP contribution in [0, 0.1) is 13.8 Å². The number of methoxy groups -OCH3 is 1. The molecule has 5 rings (SSSR count). The average molecular weight is 437 g/mol. The number of ether oxygens (including phenoxy) is 2. The van der Waals surface area contributed by atoms with Crippen LogP contribution in [0.4, 0.5) is 0 Å². The van der Waals surface area contributed by atoms with Crippen molar-refractivity contribution >= 4 is 21.7 Å². The summed E-state index contributed by atoms with van der Waals surface area (Å²) in [6, 6.07) is 25.5. The van der Waals surface area contributed by atoms with Crippen molar-refractivity contribution in [3.8, 4) is 22.8 Å². The van der Waals surface area contributed by atoms with Gasteiger partial charge in [-0.25, -0.2) is 0 Å². The lowest BCUT2D eigenvalue weighted by Gasteiger charge is -2.14. The van der Waals surface area contributed by atoms with E-state index >= 15 is 0 Å². The molecule has 0 aliphatic rings. The predicted molar refractivity (Wildman–Crippen MR) is 132 cm³/mol. The van der Waals surface area contributed by atoms with Crippen molar-refractivity contribution in [2.24, 2.45) is 0 Å². The van der Waals surface area contributed by atoms with Gasteiger partial charge in [0.2, 0.25) is 11.2 Å². The van der Waals surface area contributed by atoms with Crippen molar-refractivity contribution in [3.63, 3.8) is 0 Å². The van der Waals surface area contributed by atoms with Gasteiger partial charge in [-0.15, -0.1) is 0 Å². The van der Waals surface area contributed by atoms with Gasteiger partial charge in [-0.1, -0.05) is 48.5 Å². The van der Waals surface area contributed by atoms with Crippen molar-refractivity contribution in [1.82, 2.24) is 0 Å². The molecule has 0 bridgehead atoms. The molecule has 5 aromatic rings. The van der Waals surface area contributed by atoms with E-state index in [1.54, 1.807) is 7.11 Å². The molecular formula is C29H24O4. The van der Waals surface area contributed by atoms with E-state index in [2.05, 4.69) is 18.2 Å². The summed E-state index contributed by atoms with van der Waals surface area (Å²) in [5, 5.41) is 2.76. The molecule has 0 saturated heterocycles. The van der Waals surface area contributed by atoms with Crippen molar-refractivity contribution in [2.75, 3.05) is 7.11 Å². The fraction of sp³-hybridized carbons (Fsp3) is 0.138. The van der Waals surface area contributed by atoms with Gasteiger partial charge in [0.05, 0.1) is 12.5 Å². The second-order valence-electron chi connectivity index (χ2n) is 8.20. The molecule has 0 radical (unpaired) electrons. The van der Waals surface area contributed by atoms with E-state index in [0.717, 1.165) is 38.8 Å². The summed E-state index contributed by atoms with van der Waals surface area (Å²) in [5.74, 6) is 1.36. The molecule has 0 aliphatic carbocycles. The first-order valence-corrected chi connectivity index (χ1v) is 10.9. The smallest absolute Gasteiger partial charge is 0.235 e. The molecule has 33 heavy (non-hydrogen) atoms. The Morgan fingerprint density at radius 3 is 2.39 bits per heavy atom. The average Bonchev–Trinajstić information content (AvgIpc) is 2.84. The van der Waals surface area contributed by atoms with Crippen LogP contribution in [0.5, 0.6) is 11.5 Å². The van der Waals surface area contributed by atoms with Gasteiger partial charge in [-0.2, -0.15) is 0 Å². The van der Waals surface area contributed by atoms with E-state index < -0.39 is 0 Å². The molecule has 0 spiro atoms. The lowest BCUT2D eigenvalue weighted by atomic mass is 10.0. The Hall–Kier alpha value is -4.05. The Kier molecular flexibility index (Phi) is 5.35. The van der Waals surface area contributed by atoms with Crippen molar-refractivity contribution in [2.45, 2.75) is 20.5 Å². The van der Waals surface area contributed by atoms with E-state index in [1.165, 1.54) is 0 Å². The highest BCUT2D eigenvalue weighted by atomic mass is 16.5. The maximum atomic E-state index is 13.6. The Bertz CT molecular complexity index is 1520. The maximum absolute atomic E-state index is 13.6.